The highest BCUT2D eigenvalue weighted by molar-refractivity contribution is 6.03. The van der Waals surface area contributed by atoms with E-state index >= 15 is 0 Å². The average molecular weight is 2060 g/mol. The number of hydrogen-bond acceptors (Lipinski definition) is 32. The zero-order valence-electron chi connectivity index (χ0n) is 81.5. The number of primary amides is 1. The Hall–Kier alpha value is -14.4. The van der Waals surface area contributed by atoms with E-state index in [0.29, 0.717) is 0 Å². The summed E-state index contributed by atoms with van der Waals surface area (Å²) in [4.78, 5) is 323. The molecule has 38 N–H and O–H groups in total. The van der Waals surface area contributed by atoms with Crippen LogP contribution in [0.1, 0.15) is 172 Å². The molecule has 2 fully saturated rings. The third kappa shape index (κ3) is 43.6. The van der Waals surface area contributed by atoms with Gasteiger partial charge in [0.1, 0.15) is 109 Å². The van der Waals surface area contributed by atoms with Gasteiger partial charge in [-0.05, 0) is 116 Å². The molecule has 0 unspecified atom stereocenters. The van der Waals surface area contributed by atoms with Crippen molar-refractivity contribution in [2.75, 3.05) is 59.2 Å². The van der Waals surface area contributed by atoms with Crippen molar-refractivity contribution in [1.82, 2.24) is 111 Å². The van der Waals surface area contributed by atoms with E-state index < -0.39 is 358 Å². The minimum Gasteiger partial charge on any atom is -0.481 e. The summed E-state index contributed by atoms with van der Waals surface area (Å²) in [5, 5.41) is 148. The van der Waals surface area contributed by atoms with Crippen LogP contribution < -0.4 is 124 Å². The highest BCUT2D eigenvalue weighted by Gasteiger charge is 2.45. The zero-order valence-corrected chi connectivity index (χ0v) is 81.5. The lowest BCUT2D eigenvalue weighted by Crippen LogP contribution is -2.63. The van der Waals surface area contributed by atoms with E-state index in [9.17, 15) is 156 Å². The number of amides is 20. The van der Waals surface area contributed by atoms with E-state index in [-0.39, 0.29) is 96.3 Å². The van der Waals surface area contributed by atoms with E-state index in [2.05, 4.69) is 101 Å². The predicted molar refractivity (Wildman–Crippen MR) is 498 cm³/mol. The molecule has 0 aromatic heterocycles. The fraction of sp³-hybridized carbons (Fsp3) is 0.690. The number of rotatable bonds is 65. The second-order valence-corrected chi connectivity index (χ2v) is 35.2. The molecule has 60 heteroatoms. The molecule has 810 valence electrons. The number of nitrogens with zero attached hydrogens (tertiary/aromatic N) is 2. The van der Waals surface area contributed by atoms with Gasteiger partial charge < -0.3 is 180 Å². The van der Waals surface area contributed by atoms with Gasteiger partial charge in [-0.2, -0.15) is 0 Å². The number of nitrogens with two attached hydrogens (primary N) is 4. The molecule has 2 aliphatic heterocycles. The number of aliphatic hydroxyl groups is 5. The van der Waals surface area contributed by atoms with Crippen molar-refractivity contribution in [2.24, 2.45) is 40.7 Å². The maximum atomic E-state index is 14.6. The molecule has 20 amide bonds. The topological polar surface area (TPSA) is 979 Å². The Balaban J connectivity index is 2.28. The molecule has 2 heterocycles. The van der Waals surface area contributed by atoms with Crippen LogP contribution in [0.15, 0.2) is 0 Å². The van der Waals surface area contributed by atoms with Gasteiger partial charge in [0, 0.05) is 39.0 Å². The Labute approximate surface area is 826 Å². The fourth-order valence-corrected chi connectivity index (χ4v) is 14.4. The first-order valence-corrected chi connectivity index (χ1v) is 46.3. The summed E-state index contributed by atoms with van der Waals surface area (Å²) in [7, 11) is 0. The quantitative estimate of drug-likeness (QED) is 0.0153. The van der Waals surface area contributed by atoms with Gasteiger partial charge in [-0.1, -0.05) is 48.0 Å². The molecule has 0 bridgehead atoms. The molecule has 21 atom stereocenters. The molecule has 0 saturated carbocycles. The fourth-order valence-electron chi connectivity index (χ4n) is 14.4. The molecule has 0 radical (unpaired) electrons. The maximum Gasteiger partial charge on any atom is 0.326 e. The summed E-state index contributed by atoms with van der Waals surface area (Å²) >= 11 is 0. The molecule has 0 aromatic carbocycles. The van der Waals surface area contributed by atoms with E-state index in [1.54, 1.807) is 20.8 Å². The molecule has 0 spiro atoms. The van der Waals surface area contributed by atoms with Crippen LogP contribution in [0, 0.1) is 28.6 Å². The van der Waals surface area contributed by atoms with Crippen molar-refractivity contribution in [3.63, 3.8) is 0 Å². The number of guanidine groups is 2. The van der Waals surface area contributed by atoms with Gasteiger partial charge >= 0.3 is 23.9 Å². The van der Waals surface area contributed by atoms with Gasteiger partial charge in [0.15, 0.2) is 11.9 Å². The van der Waals surface area contributed by atoms with Crippen LogP contribution in [0.5, 0.6) is 0 Å². The Morgan fingerprint density at radius 2 is 0.729 bits per heavy atom. The first-order chi connectivity index (χ1) is 67.4. The van der Waals surface area contributed by atoms with Gasteiger partial charge in [0.2, 0.25) is 118 Å². The number of carbonyl (C=O) groups excluding carboxylic acids is 20. The molecule has 2 rings (SSSR count). The molecule has 0 aliphatic carbocycles. The summed E-state index contributed by atoms with van der Waals surface area (Å²) in [5.41, 5.74) is 22.1. The molecular weight excluding hydrogens is 1920 g/mol. The number of carboxylic acids is 4. The number of likely N-dealkylation sites (tertiary alicyclic amines) is 2. The second kappa shape index (κ2) is 62.8. The lowest BCUT2D eigenvalue weighted by molar-refractivity contribution is -0.144. The first-order valence-electron chi connectivity index (χ1n) is 46.3. The van der Waals surface area contributed by atoms with Crippen molar-refractivity contribution in [2.45, 2.75) is 293 Å². The van der Waals surface area contributed by atoms with Crippen LogP contribution in [0.25, 0.3) is 0 Å². The Kier molecular flexibility index (Phi) is 54.8. The van der Waals surface area contributed by atoms with Gasteiger partial charge in [0.05, 0.1) is 58.0 Å². The molecular formula is C84H141N27O33. The van der Waals surface area contributed by atoms with E-state index in [4.69, 9.17) is 38.9 Å². The number of aliphatic carboxylic acids is 4. The first kappa shape index (κ1) is 126. The van der Waals surface area contributed by atoms with Crippen LogP contribution in [0.3, 0.4) is 0 Å². The number of aliphatic hydroxyl groups excluding tert-OH is 5. The Bertz CT molecular complexity index is 4550. The lowest BCUT2D eigenvalue weighted by atomic mass is 9.96. The van der Waals surface area contributed by atoms with Gasteiger partial charge in [0.25, 0.3) is 0 Å². The highest BCUT2D eigenvalue weighted by atomic mass is 16.4. The van der Waals surface area contributed by atoms with E-state index in [1.807, 2.05) is 0 Å². The highest BCUT2D eigenvalue weighted by Crippen LogP contribution is 2.24. The maximum absolute atomic E-state index is 14.6. The van der Waals surface area contributed by atoms with Crippen molar-refractivity contribution < 1.29 is 161 Å². The van der Waals surface area contributed by atoms with E-state index in [0.717, 1.165) is 23.6 Å². The standard InChI is InChI=1S/C84H141N27O33/c1-11-38(6)62(81(142)111-27-15-19-55(111)77(138)105-52(34-114)74(135)104-53(35-115)75(136)109-63(42(10)116)79(140)106-51(33-113)73(134)95-40(8)65(126)102-49(82(143)144)28-36(2)3)108-71(132)47(29-56(86)117)97-57(118)31-93-78(139)61(37(4)5)107-69(130)45(17-13-25-92-84(89)90)98-64(125)39(7)94-72(133)50(32-112)103-68(129)46(21-23-59(121)122)100-76(137)54-18-14-26-110(54)80(141)41(9)96-67(128)44(16-12-24-91-83(87)88)99-70(131)48(30-60(123)124)101-66(127)43(85)20-22-58(119)120/h36-55,61-63,112-116H,11-35,85H2,1-10H3,(H2,86,117)(H,93,139)(H,94,133)(H,95,134)(H,96,128)(H,97,118)(H,98,125)(H,99,131)(H,100,137)(H,101,127)(H,102,126)(H,103,129)(H,104,135)(H,105,138)(H,106,140)(H,107,130)(H,108,132)(H,109,136)(H,119,120)(H,121,122)(H,123,124)(H,143,144)(H4,87,88,91)(H4,89,90,92)/t38-,39-,40-,41-,42+,43-,44-,45-,46-,47-,48-,49-,50-,51-,52-,53-,54-,55-,61-,62-,63-/m0/s1. The van der Waals surface area contributed by atoms with Crippen LogP contribution in [0.2, 0.25) is 0 Å². The van der Waals surface area contributed by atoms with Crippen LogP contribution in [-0.2, 0) is 115 Å². The number of carboxylic acid groups (broad SMARTS) is 4. The van der Waals surface area contributed by atoms with Crippen molar-refractivity contribution >= 4 is 154 Å². The van der Waals surface area contributed by atoms with Crippen molar-refractivity contribution in [3.05, 3.63) is 0 Å². The average Bonchev–Trinajstić information content (AvgIpc) is 1.65. The lowest BCUT2D eigenvalue weighted by Gasteiger charge is -2.32. The predicted octanol–water partition coefficient (Wildman–Crippen LogP) is -15.0. The number of carbonyl (C=O) groups is 24. The Morgan fingerprint density at radius 1 is 0.368 bits per heavy atom. The molecule has 2 aliphatic rings. The minimum absolute atomic E-state index is 0.00802. The number of nitrogens with one attached hydrogen (secondary N) is 21. The van der Waals surface area contributed by atoms with E-state index in [1.165, 1.54) is 34.6 Å². The summed E-state index contributed by atoms with van der Waals surface area (Å²) < 4.78 is 0. The van der Waals surface area contributed by atoms with Crippen LogP contribution in [-0.4, -0.2) is 390 Å². The zero-order chi connectivity index (χ0) is 110. The second-order valence-electron chi connectivity index (χ2n) is 35.2. The van der Waals surface area contributed by atoms with Gasteiger partial charge in [-0.15, -0.1) is 0 Å². The molecule has 0 aromatic rings. The normalized spacial score (nSPS) is 17.2. The third-order valence-corrected chi connectivity index (χ3v) is 22.6. The smallest absolute Gasteiger partial charge is 0.326 e. The molecule has 60 nitrogen and oxygen atoms in total. The SMILES string of the molecule is CC[C@H](C)[C@H](NC(=O)[C@H](CC(N)=O)NC(=O)CNC(=O)[C@@H](NC(=O)[C@H](CCCNC(=N)N)NC(=O)[C@H](C)NC(=O)[C@H](CO)NC(=O)[C@H](CCC(=O)O)NC(=O)[C@@H]1CCCN1C(=O)[C@H](C)NC(=O)[C@H](CCCNC(=N)N)NC(=O)[C@H](CC(=O)O)NC(=O)[C@@H](N)CCC(=O)O)C(C)C)C(=O)N1CCC[C@H]1C(=O)N[C@@H](CO)C(=O)N[C@@H](CO)C(=O)N[C@H](C(=O)N[C@@H](CO)C(=O)N[C@@H](C)C(=O)N[C@@H](CC(C)C)C(=O)O)[C@@H](C)O. The monoisotopic (exact) mass is 2060 g/mol. The summed E-state index contributed by atoms with van der Waals surface area (Å²) in [5.74, 6) is -31.2. The summed E-state index contributed by atoms with van der Waals surface area (Å²) in [6.45, 7) is 7.82. The largest absolute Gasteiger partial charge is 0.481 e. The number of hydrogen-bond donors (Lipinski definition) is 34. The van der Waals surface area contributed by atoms with Crippen LogP contribution >= 0.6 is 0 Å². The molecule has 2 saturated heterocycles. The molecule has 144 heavy (non-hydrogen) atoms. The third-order valence-electron chi connectivity index (χ3n) is 22.6. The minimum atomic E-state index is -2.00. The summed E-state index contributed by atoms with van der Waals surface area (Å²) in [6.07, 6.45) is -6.50. The van der Waals surface area contributed by atoms with Gasteiger partial charge in [-0.25, -0.2) is 4.79 Å². The van der Waals surface area contributed by atoms with Gasteiger partial charge in [-0.3, -0.25) is 121 Å². The van der Waals surface area contributed by atoms with Crippen molar-refractivity contribution in [3.8, 4) is 0 Å². The summed E-state index contributed by atoms with van der Waals surface area (Å²) in [6, 6.07) is -31.9. The van der Waals surface area contributed by atoms with Crippen molar-refractivity contribution in [1.29, 1.82) is 10.8 Å². The van der Waals surface area contributed by atoms with Crippen LogP contribution in [0.4, 0.5) is 0 Å². The Morgan fingerprint density at radius 3 is 1.17 bits per heavy atom.